The van der Waals surface area contributed by atoms with Crippen LogP contribution >= 0.6 is 30.1 Å². The number of halogens is 1. The predicted octanol–water partition coefficient (Wildman–Crippen LogP) is 5.78. The third-order valence-electron chi connectivity index (χ3n) is 4.23. The third kappa shape index (κ3) is 4.42. The van der Waals surface area contributed by atoms with Crippen LogP contribution in [0.15, 0.2) is 48.7 Å². The van der Waals surface area contributed by atoms with Gasteiger partial charge in [-0.1, -0.05) is 23.7 Å². The summed E-state index contributed by atoms with van der Waals surface area (Å²) in [5.74, 6) is 0.840. The molecule has 0 saturated carbocycles. The van der Waals surface area contributed by atoms with E-state index >= 15 is 0 Å². The molecule has 0 amide bonds. The number of hydrogen-bond donors (Lipinski definition) is 2. The summed E-state index contributed by atoms with van der Waals surface area (Å²) in [5, 5.41) is 8.53. The van der Waals surface area contributed by atoms with Crippen LogP contribution in [0.4, 0.5) is 23.1 Å². The molecule has 9 heteroatoms. The van der Waals surface area contributed by atoms with E-state index in [1.54, 1.807) is 24.7 Å². The van der Waals surface area contributed by atoms with Crippen molar-refractivity contribution in [1.82, 2.24) is 15.0 Å². The zero-order chi connectivity index (χ0) is 20.6. The van der Waals surface area contributed by atoms with Crippen molar-refractivity contribution < 1.29 is 4.57 Å². The summed E-state index contributed by atoms with van der Waals surface area (Å²) in [5.41, 5.74) is 2.48. The number of nitrogens with zero attached hydrogens (tertiary/aromatic N) is 3. The Kier molecular flexibility index (Phi) is 5.30. The summed E-state index contributed by atoms with van der Waals surface area (Å²) in [6.45, 7) is 5.46. The quantitative estimate of drug-likeness (QED) is 0.380. The van der Waals surface area contributed by atoms with E-state index in [1.807, 2.05) is 49.4 Å². The molecule has 0 aliphatic carbocycles. The fourth-order valence-corrected chi connectivity index (χ4v) is 5.04. The number of fused-ring (bicyclic) bond motifs is 1. The van der Waals surface area contributed by atoms with Crippen molar-refractivity contribution in [3.63, 3.8) is 0 Å². The first-order chi connectivity index (χ1) is 13.8. The van der Waals surface area contributed by atoms with Gasteiger partial charge in [-0.25, -0.2) is 9.97 Å². The van der Waals surface area contributed by atoms with Gasteiger partial charge in [0.05, 0.1) is 27.1 Å². The Bertz CT molecular complexity index is 1250. The van der Waals surface area contributed by atoms with E-state index in [1.165, 1.54) is 6.20 Å². The Balaban J connectivity index is 1.63. The number of thiazole rings is 1. The predicted molar refractivity (Wildman–Crippen MR) is 123 cm³/mol. The second-order valence-electron chi connectivity index (χ2n) is 6.92. The van der Waals surface area contributed by atoms with E-state index in [-0.39, 0.29) is 0 Å². The summed E-state index contributed by atoms with van der Waals surface area (Å²) in [6.07, 6.45) is 1.53. The van der Waals surface area contributed by atoms with E-state index in [0.717, 1.165) is 26.2 Å². The summed E-state index contributed by atoms with van der Waals surface area (Å²) >= 11 is 7.96. The molecule has 2 aromatic carbocycles. The largest absolute Gasteiger partial charge is 0.338 e. The van der Waals surface area contributed by atoms with E-state index in [4.69, 9.17) is 11.6 Å². The van der Waals surface area contributed by atoms with Crippen LogP contribution in [0.3, 0.4) is 0 Å². The fraction of sp³-hybridized carbons (Fsp3) is 0.150. The SMILES string of the molecule is Cc1nc2cc(Nc3ncc(Cl)c(Nc4ccccc4P(C)(C)=O)n3)ccc2s1. The number of rotatable bonds is 5. The van der Waals surface area contributed by atoms with Gasteiger partial charge in [-0.3, -0.25) is 0 Å². The van der Waals surface area contributed by atoms with Crippen molar-refractivity contribution in [3.8, 4) is 0 Å². The van der Waals surface area contributed by atoms with Gasteiger partial charge in [0.25, 0.3) is 0 Å². The first-order valence-corrected chi connectivity index (χ1v) is 12.7. The van der Waals surface area contributed by atoms with Crippen molar-refractivity contribution in [2.45, 2.75) is 6.92 Å². The maximum atomic E-state index is 12.6. The lowest BCUT2D eigenvalue weighted by Gasteiger charge is -2.15. The second-order valence-corrected chi connectivity index (χ2v) is 11.7. The first kappa shape index (κ1) is 19.8. The van der Waals surface area contributed by atoms with Crippen LogP contribution in [0.25, 0.3) is 10.2 Å². The highest BCUT2D eigenvalue weighted by Gasteiger charge is 2.17. The number of aryl methyl sites for hydroxylation is 1. The van der Waals surface area contributed by atoms with E-state index in [0.29, 0.717) is 22.5 Å². The van der Waals surface area contributed by atoms with Crippen molar-refractivity contribution >= 4 is 68.7 Å². The van der Waals surface area contributed by atoms with Crippen LogP contribution in [0, 0.1) is 6.92 Å². The smallest absolute Gasteiger partial charge is 0.229 e. The van der Waals surface area contributed by atoms with Crippen LogP contribution in [0.1, 0.15) is 5.01 Å². The lowest BCUT2D eigenvalue weighted by atomic mass is 10.3. The number of aromatic nitrogens is 3. The van der Waals surface area contributed by atoms with Gasteiger partial charge in [0, 0.05) is 11.0 Å². The molecule has 6 nitrogen and oxygen atoms in total. The molecule has 0 saturated heterocycles. The van der Waals surface area contributed by atoms with Crippen LogP contribution < -0.4 is 15.9 Å². The molecule has 0 fully saturated rings. The molecule has 0 bridgehead atoms. The Morgan fingerprint density at radius 1 is 1.07 bits per heavy atom. The van der Waals surface area contributed by atoms with Crippen LogP contribution in [0.2, 0.25) is 5.02 Å². The minimum Gasteiger partial charge on any atom is -0.338 e. The minimum absolute atomic E-state index is 0.373. The monoisotopic (exact) mass is 443 g/mol. The number of anilines is 4. The number of para-hydroxylation sites is 1. The Morgan fingerprint density at radius 3 is 2.66 bits per heavy atom. The second kappa shape index (κ2) is 7.75. The van der Waals surface area contributed by atoms with Gasteiger partial charge >= 0.3 is 0 Å². The number of hydrogen-bond acceptors (Lipinski definition) is 7. The standard InChI is InChI=1S/C20H19ClN5OPS/c1-12-23-16-10-13(8-9-18(16)29-12)24-20-22-11-14(21)19(26-20)25-15-6-4-5-7-17(15)28(2,3)27/h4-11H,1-3H3,(H2,22,24,25,26). The molecule has 0 unspecified atom stereocenters. The van der Waals surface area contributed by atoms with Gasteiger partial charge in [-0.2, -0.15) is 4.98 Å². The van der Waals surface area contributed by atoms with E-state index in [2.05, 4.69) is 25.6 Å². The molecule has 2 N–H and O–H groups in total. The average Bonchev–Trinajstić information content (AvgIpc) is 3.03. The van der Waals surface area contributed by atoms with Gasteiger partial charge in [0.2, 0.25) is 5.95 Å². The van der Waals surface area contributed by atoms with Crippen LogP contribution in [-0.4, -0.2) is 28.3 Å². The van der Waals surface area contributed by atoms with E-state index < -0.39 is 7.14 Å². The lowest BCUT2D eigenvalue weighted by Crippen LogP contribution is -2.10. The molecule has 0 aliphatic heterocycles. The average molecular weight is 444 g/mol. The Morgan fingerprint density at radius 2 is 1.86 bits per heavy atom. The Hall–Kier alpha value is -2.47. The minimum atomic E-state index is -2.47. The van der Waals surface area contributed by atoms with Crippen molar-refractivity contribution in [1.29, 1.82) is 0 Å². The molecule has 4 rings (SSSR count). The molecular weight excluding hydrogens is 425 g/mol. The molecular formula is C20H19ClN5OPS. The highest BCUT2D eigenvalue weighted by molar-refractivity contribution is 7.70. The summed E-state index contributed by atoms with van der Waals surface area (Å²) in [7, 11) is -2.47. The molecule has 4 aromatic rings. The molecule has 2 aromatic heterocycles. The molecule has 29 heavy (non-hydrogen) atoms. The van der Waals surface area contributed by atoms with Crippen molar-refractivity contribution in [2.24, 2.45) is 0 Å². The summed E-state index contributed by atoms with van der Waals surface area (Å²) in [6, 6.07) is 13.4. The lowest BCUT2D eigenvalue weighted by molar-refractivity contribution is 0.588. The first-order valence-electron chi connectivity index (χ1n) is 8.88. The topological polar surface area (TPSA) is 79.8 Å². The number of nitrogens with one attached hydrogen (secondary N) is 2. The van der Waals surface area contributed by atoms with Crippen LogP contribution in [0.5, 0.6) is 0 Å². The highest BCUT2D eigenvalue weighted by atomic mass is 35.5. The summed E-state index contributed by atoms with van der Waals surface area (Å²) < 4.78 is 13.7. The summed E-state index contributed by atoms with van der Waals surface area (Å²) in [4.78, 5) is 13.3. The molecule has 0 aliphatic rings. The highest BCUT2D eigenvalue weighted by Crippen LogP contribution is 2.38. The van der Waals surface area contributed by atoms with Crippen molar-refractivity contribution in [3.05, 3.63) is 58.7 Å². The van der Waals surface area contributed by atoms with Crippen molar-refractivity contribution in [2.75, 3.05) is 24.0 Å². The van der Waals surface area contributed by atoms with Gasteiger partial charge in [0.15, 0.2) is 5.82 Å². The van der Waals surface area contributed by atoms with Gasteiger partial charge < -0.3 is 15.2 Å². The fourth-order valence-electron chi connectivity index (χ4n) is 2.94. The molecule has 0 radical (unpaired) electrons. The zero-order valence-electron chi connectivity index (χ0n) is 16.1. The van der Waals surface area contributed by atoms with E-state index in [9.17, 15) is 4.57 Å². The number of benzene rings is 2. The molecule has 2 heterocycles. The van der Waals surface area contributed by atoms with Gasteiger partial charge in [-0.05, 0) is 50.6 Å². The maximum absolute atomic E-state index is 12.6. The molecule has 0 spiro atoms. The van der Waals surface area contributed by atoms with Gasteiger partial charge in [0.1, 0.15) is 12.2 Å². The third-order valence-corrected chi connectivity index (χ3v) is 7.01. The van der Waals surface area contributed by atoms with Gasteiger partial charge in [-0.15, -0.1) is 11.3 Å². The zero-order valence-corrected chi connectivity index (χ0v) is 18.6. The Labute approximate surface area is 177 Å². The van der Waals surface area contributed by atoms with Crippen LogP contribution in [-0.2, 0) is 4.57 Å². The molecule has 148 valence electrons. The molecule has 0 atom stereocenters. The normalized spacial score (nSPS) is 11.6. The maximum Gasteiger partial charge on any atom is 0.229 e.